The number of hydrogen-bond donors (Lipinski definition) is 1. The van der Waals surface area contributed by atoms with Crippen molar-refractivity contribution in [2.75, 3.05) is 31.0 Å². The van der Waals surface area contributed by atoms with Crippen LogP contribution in [0.3, 0.4) is 0 Å². The van der Waals surface area contributed by atoms with E-state index in [4.69, 9.17) is 9.47 Å². The first-order valence-corrected chi connectivity index (χ1v) is 11.9. The number of benzene rings is 2. The number of carbonyl (C=O) groups excluding carboxylic acids is 1. The molecule has 0 aliphatic carbocycles. The summed E-state index contributed by atoms with van der Waals surface area (Å²) in [5.41, 5.74) is -0.832. The summed E-state index contributed by atoms with van der Waals surface area (Å²) < 4.78 is 77.0. The highest BCUT2D eigenvalue weighted by Gasteiger charge is 2.32. The van der Waals surface area contributed by atoms with Gasteiger partial charge in [0.2, 0.25) is 0 Å². The lowest BCUT2D eigenvalue weighted by molar-refractivity contribution is -0.137. The van der Waals surface area contributed by atoms with Crippen molar-refractivity contribution in [3.63, 3.8) is 0 Å². The number of amides is 1. The maximum absolute atomic E-state index is 12.9. The van der Waals surface area contributed by atoms with Crippen LogP contribution in [0.25, 0.3) is 0 Å². The summed E-state index contributed by atoms with van der Waals surface area (Å²) in [6, 6.07) is 9.25. The molecule has 0 aromatic heterocycles. The Morgan fingerprint density at radius 3 is 2.24 bits per heavy atom. The Bertz CT molecular complexity index is 1090. The molecule has 2 aliphatic heterocycles. The molecule has 0 bridgehead atoms. The number of alkyl halides is 3. The highest BCUT2D eigenvalue weighted by molar-refractivity contribution is 7.92. The summed E-state index contributed by atoms with van der Waals surface area (Å²) in [7, 11) is -4.13. The molecular weight excluding hydrogens is 461 g/mol. The van der Waals surface area contributed by atoms with E-state index < -0.39 is 21.8 Å². The zero-order chi connectivity index (χ0) is 23.6. The summed E-state index contributed by atoms with van der Waals surface area (Å²) in [6.45, 7) is 2.26. The predicted octanol–water partition coefficient (Wildman–Crippen LogP) is 3.73. The molecule has 1 N–H and O–H groups in total. The van der Waals surface area contributed by atoms with E-state index in [-0.39, 0.29) is 28.7 Å². The van der Waals surface area contributed by atoms with E-state index >= 15 is 0 Å². The standard InChI is InChI=1S/C22H23F3N2O5S/c23-22(24,25)17-2-1-3-18(14-17)26-33(29,30)19-6-4-15(5-7-19)20(28)27-10-8-16(9-11-27)21-31-12-13-32-21/h1-7,14,16,21,26H,8-13H2. The molecular formula is C22H23F3N2O5S. The Balaban J connectivity index is 1.40. The van der Waals surface area contributed by atoms with Crippen LogP contribution in [-0.2, 0) is 25.7 Å². The summed E-state index contributed by atoms with van der Waals surface area (Å²) in [5.74, 6) is 0.0301. The fraction of sp³-hybridized carbons (Fsp3) is 0.409. The average Bonchev–Trinajstić information content (AvgIpc) is 3.33. The van der Waals surface area contributed by atoms with Crippen molar-refractivity contribution in [2.45, 2.75) is 30.2 Å². The third kappa shape index (κ3) is 5.48. The van der Waals surface area contributed by atoms with Crippen molar-refractivity contribution in [1.29, 1.82) is 0 Å². The average molecular weight is 484 g/mol. The summed E-state index contributed by atoms with van der Waals surface area (Å²) in [4.78, 5) is 14.3. The Morgan fingerprint density at radius 1 is 1.00 bits per heavy atom. The van der Waals surface area contributed by atoms with Crippen LogP contribution in [0.2, 0.25) is 0 Å². The Labute approximate surface area is 189 Å². The van der Waals surface area contributed by atoms with E-state index in [9.17, 15) is 26.4 Å². The lowest BCUT2D eigenvalue weighted by Gasteiger charge is -2.33. The van der Waals surface area contributed by atoms with Crippen LogP contribution < -0.4 is 4.72 Å². The van der Waals surface area contributed by atoms with E-state index in [1.807, 2.05) is 0 Å². The largest absolute Gasteiger partial charge is 0.416 e. The topological polar surface area (TPSA) is 84.9 Å². The highest BCUT2D eigenvalue weighted by atomic mass is 32.2. The molecule has 11 heteroatoms. The van der Waals surface area contributed by atoms with Crippen molar-refractivity contribution in [3.8, 4) is 0 Å². The van der Waals surface area contributed by atoms with Gasteiger partial charge in [0, 0.05) is 30.3 Å². The van der Waals surface area contributed by atoms with Gasteiger partial charge in [0.1, 0.15) is 0 Å². The van der Waals surface area contributed by atoms with Gasteiger partial charge in [-0.05, 0) is 55.3 Å². The summed E-state index contributed by atoms with van der Waals surface area (Å²) >= 11 is 0. The normalized spacial score (nSPS) is 18.5. The minimum atomic E-state index is -4.59. The van der Waals surface area contributed by atoms with E-state index in [1.54, 1.807) is 4.90 Å². The lowest BCUT2D eigenvalue weighted by atomic mass is 9.95. The third-order valence-electron chi connectivity index (χ3n) is 5.71. The molecule has 1 amide bonds. The second kappa shape index (κ2) is 9.32. The molecule has 0 saturated carbocycles. The number of piperidine rings is 1. The molecule has 0 radical (unpaired) electrons. The van der Waals surface area contributed by atoms with Gasteiger partial charge in [-0.15, -0.1) is 0 Å². The van der Waals surface area contributed by atoms with E-state index in [0.29, 0.717) is 31.9 Å². The number of likely N-dealkylation sites (tertiary alicyclic amines) is 1. The monoisotopic (exact) mass is 484 g/mol. The first-order chi connectivity index (χ1) is 15.6. The quantitative estimate of drug-likeness (QED) is 0.699. The molecule has 2 aromatic rings. The van der Waals surface area contributed by atoms with Gasteiger partial charge < -0.3 is 14.4 Å². The second-order valence-corrected chi connectivity index (χ2v) is 9.63. The summed E-state index contributed by atoms with van der Waals surface area (Å²) in [5, 5.41) is 0. The van der Waals surface area contributed by atoms with Crippen molar-refractivity contribution in [2.24, 2.45) is 5.92 Å². The Morgan fingerprint density at radius 2 is 1.64 bits per heavy atom. The number of nitrogens with zero attached hydrogens (tertiary/aromatic N) is 1. The summed E-state index contributed by atoms with van der Waals surface area (Å²) in [6.07, 6.45) is -3.29. The van der Waals surface area contributed by atoms with Crippen molar-refractivity contribution in [1.82, 2.24) is 4.90 Å². The van der Waals surface area contributed by atoms with Gasteiger partial charge in [0.15, 0.2) is 6.29 Å². The van der Waals surface area contributed by atoms with E-state index in [1.165, 1.54) is 30.3 Å². The fourth-order valence-electron chi connectivity index (χ4n) is 3.96. The molecule has 4 rings (SSSR count). The van der Waals surface area contributed by atoms with Crippen LogP contribution in [0.1, 0.15) is 28.8 Å². The molecule has 2 aliphatic rings. The van der Waals surface area contributed by atoms with E-state index in [2.05, 4.69) is 4.72 Å². The first-order valence-electron chi connectivity index (χ1n) is 10.5. The number of ether oxygens (including phenoxy) is 2. The molecule has 2 saturated heterocycles. The number of hydrogen-bond acceptors (Lipinski definition) is 5. The lowest BCUT2D eigenvalue weighted by Crippen LogP contribution is -2.41. The maximum Gasteiger partial charge on any atom is 0.416 e. The van der Waals surface area contributed by atoms with Crippen LogP contribution in [0.4, 0.5) is 18.9 Å². The molecule has 2 heterocycles. The fourth-order valence-corrected chi connectivity index (χ4v) is 5.01. The van der Waals surface area contributed by atoms with Gasteiger partial charge in [-0.3, -0.25) is 9.52 Å². The van der Waals surface area contributed by atoms with Crippen LogP contribution in [0, 0.1) is 5.92 Å². The Hall–Kier alpha value is -2.63. The van der Waals surface area contributed by atoms with Gasteiger partial charge >= 0.3 is 6.18 Å². The van der Waals surface area contributed by atoms with Crippen molar-refractivity contribution in [3.05, 3.63) is 59.7 Å². The van der Waals surface area contributed by atoms with Crippen molar-refractivity contribution >= 4 is 21.6 Å². The molecule has 0 unspecified atom stereocenters. The van der Waals surface area contributed by atoms with Crippen LogP contribution in [0.15, 0.2) is 53.4 Å². The third-order valence-corrected chi connectivity index (χ3v) is 7.11. The first kappa shape index (κ1) is 23.5. The molecule has 33 heavy (non-hydrogen) atoms. The second-order valence-electron chi connectivity index (χ2n) is 7.95. The van der Waals surface area contributed by atoms with Gasteiger partial charge in [-0.25, -0.2) is 8.42 Å². The zero-order valence-corrected chi connectivity index (χ0v) is 18.4. The van der Waals surface area contributed by atoms with Crippen molar-refractivity contribution < 1.29 is 35.9 Å². The molecule has 0 atom stereocenters. The SMILES string of the molecule is O=C(c1ccc(S(=O)(=O)Nc2cccc(C(F)(F)F)c2)cc1)N1CCC(C2OCCO2)CC1. The molecule has 0 spiro atoms. The smallest absolute Gasteiger partial charge is 0.350 e. The van der Waals surface area contributed by atoms with Crippen LogP contribution in [-0.4, -0.2) is 51.8 Å². The molecule has 2 aromatic carbocycles. The number of nitrogens with one attached hydrogen (secondary N) is 1. The number of halogens is 3. The minimum absolute atomic E-state index is 0.161. The number of carbonyl (C=O) groups is 1. The number of anilines is 1. The van der Waals surface area contributed by atoms with Gasteiger partial charge in [0.25, 0.3) is 15.9 Å². The predicted molar refractivity (Wildman–Crippen MR) is 113 cm³/mol. The van der Waals surface area contributed by atoms with Gasteiger partial charge in [-0.2, -0.15) is 13.2 Å². The molecule has 2 fully saturated rings. The molecule has 7 nitrogen and oxygen atoms in total. The Kier molecular flexibility index (Phi) is 6.64. The zero-order valence-electron chi connectivity index (χ0n) is 17.5. The minimum Gasteiger partial charge on any atom is -0.350 e. The molecule has 178 valence electrons. The highest BCUT2D eigenvalue weighted by Crippen LogP contribution is 2.31. The van der Waals surface area contributed by atoms with Gasteiger partial charge in [0.05, 0.1) is 23.7 Å². The maximum atomic E-state index is 12.9. The number of sulfonamides is 1. The van der Waals surface area contributed by atoms with Crippen LogP contribution >= 0.6 is 0 Å². The van der Waals surface area contributed by atoms with E-state index in [0.717, 1.165) is 31.0 Å². The van der Waals surface area contributed by atoms with Gasteiger partial charge in [-0.1, -0.05) is 6.07 Å². The van der Waals surface area contributed by atoms with Crippen LogP contribution in [0.5, 0.6) is 0 Å². The number of rotatable bonds is 5.